The normalized spacial score (nSPS) is 16.5. The van der Waals surface area contributed by atoms with Crippen LogP contribution in [0, 0.1) is 5.92 Å². The molecule has 100 valence electrons. The first kappa shape index (κ1) is 12.7. The quantitative estimate of drug-likeness (QED) is 0.903. The van der Waals surface area contributed by atoms with Gasteiger partial charge in [-0.25, -0.2) is 4.68 Å². The fourth-order valence-electron chi connectivity index (χ4n) is 2.13. The number of aromatic nitrogens is 4. The van der Waals surface area contributed by atoms with E-state index in [0.29, 0.717) is 11.7 Å². The van der Waals surface area contributed by atoms with Gasteiger partial charge in [-0.05, 0) is 56.6 Å². The van der Waals surface area contributed by atoms with Crippen molar-refractivity contribution in [3.63, 3.8) is 0 Å². The molecule has 1 atom stereocenters. The minimum absolute atomic E-state index is 0.0612. The van der Waals surface area contributed by atoms with Crippen molar-refractivity contribution in [2.75, 3.05) is 0 Å². The highest BCUT2D eigenvalue weighted by Crippen LogP contribution is 2.43. The largest absolute Gasteiger partial charge is 0.481 e. The molecule has 1 saturated carbocycles. The number of aliphatic carboxylic acids is 1. The molecule has 1 aliphatic rings. The van der Waals surface area contributed by atoms with Gasteiger partial charge in [0.2, 0.25) is 0 Å². The molecule has 1 unspecified atom stereocenters. The van der Waals surface area contributed by atoms with Gasteiger partial charge in [-0.3, -0.25) is 4.79 Å². The standard InChI is InChI=1S/C11H11BrN4O2S/c12-7-3-4-19-10(7)11-13-14-15-16(11)8(5-9(17)18)6-1-2-6/h3-4,6,8H,1-2,5H2,(H,17,18). The SMILES string of the molecule is O=C(O)CC(C1CC1)n1nnnc1-c1sccc1Br. The second-order valence-electron chi connectivity index (χ2n) is 4.55. The fraction of sp³-hybridized carbons (Fsp3) is 0.455. The number of carbonyl (C=O) groups is 1. The van der Waals surface area contributed by atoms with Gasteiger partial charge in [-0.1, -0.05) is 0 Å². The zero-order chi connectivity index (χ0) is 13.4. The molecule has 1 aliphatic carbocycles. The Morgan fingerprint density at radius 3 is 3.00 bits per heavy atom. The molecule has 1 N–H and O–H groups in total. The van der Waals surface area contributed by atoms with Crippen molar-refractivity contribution in [3.05, 3.63) is 15.9 Å². The molecule has 0 radical (unpaired) electrons. The van der Waals surface area contributed by atoms with E-state index in [-0.39, 0.29) is 12.5 Å². The molecule has 8 heteroatoms. The number of thiophene rings is 1. The van der Waals surface area contributed by atoms with Crippen molar-refractivity contribution in [2.24, 2.45) is 5.92 Å². The van der Waals surface area contributed by atoms with Crippen molar-refractivity contribution < 1.29 is 9.90 Å². The monoisotopic (exact) mass is 342 g/mol. The number of nitrogens with zero attached hydrogens (tertiary/aromatic N) is 4. The van der Waals surface area contributed by atoms with Crippen molar-refractivity contribution >= 4 is 33.2 Å². The topological polar surface area (TPSA) is 80.9 Å². The van der Waals surface area contributed by atoms with Crippen LogP contribution in [-0.4, -0.2) is 31.3 Å². The number of hydrogen-bond donors (Lipinski definition) is 1. The Morgan fingerprint density at radius 2 is 2.42 bits per heavy atom. The Labute approximate surface area is 121 Å². The molecule has 2 heterocycles. The van der Waals surface area contributed by atoms with E-state index in [1.807, 2.05) is 11.4 Å². The molecule has 2 aromatic rings. The van der Waals surface area contributed by atoms with Gasteiger partial charge in [0.1, 0.15) is 0 Å². The van der Waals surface area contributed by atoms with Gasteiger partial charge >= 0.3 is 5.97 Å². The molecule has 2 aromatic heterocycles. The lowest BCUT2D eigenvalue weighted by Gasteiger charge is -2.15. The van der Waals surface area contributed by atoms with E-state index in [2.05, 4.69) is 31.5 Å². The number of carboxylic acids is 1. The van der Waals surface area contributed by atoms with E-state index in [9.17, 15) is 4.79 Å². The Morgan fingerprint density at radius 1 is 1.63 bits per heavy atom. The summed E-state index contributed by atoms with van der Waals surface area (Å²) in [6, 6.07) is 1.78. The number of halogens is 1. The van der Waals surface area contributed by atoms with Crippen LogP contribution in [-0.2, 0) is 4.79 Å². The number of carboxylic acid groups (broad SMARTS) is 1. The van der Waals surface area contributed by atoms with Crippen LogP contribution in [0.1, 0.15) is 25.3 Å². The average Bonchev–Trinajstić information content (AvgIpc) is 2.94. The molecule has 0 aromatic carbocycles. The second-order valence-corrected chi connectivity index (χ2v) is 6.32. The maximum absolute atomic E-state index is 11.0. The molecule has 0 bridgehead atoms. The van der Waals surface area contributed by atoms with Gasteiger partial charge in [0.15, 0.2) is 5.82 Å². The minimum atomic E-state index is -0.816. The summed E-state index contributed by atoms with van der Waals surface area (Å²) in [4.78, 5) is 11.9. The van der Waals surface area contributed by atoms with Crippen LogP contribution in [0.2, 0.25) is 0 Å². The summed E-state index contributed by atoms with van der Waals surface area (Å²) in [5, 5.41) is 22.8. The van der Waals surface area contributed by atoms with Gasteiger partial charge in [0.25, 0.3) is 0 Å². The summed E-state index contributed by atoms with van der Waals surface area (Å²) < 4.78 is 2.60. The zero-order valence-corrected chi connectivity index (χ0v) is 12.3. The molecular weight excluding hydrogens is 332 g/mol. The smallest absolute Gasteiger partial charge is 0.305 e. The van der Waals surface area contributed by atoms with E-state index in [0.717, 1.165) is 22.2 Å². The summed E-state index contributed by atoms with van der Waals surface area (Å²) in [5.41, 5.74) is 0. The van der Waals surface area contributed by atoms with Gasteiger partial charge in [0.05, 0.1) is 17.3 Å². The van der Waals surface area contributed by atoms with Crippen LogP contribution in [0.25, 0.3) is 10.7 Å². The highest BCUT2D eigenvalue weighted by atomic mass is 79.9. The minimum Gasteiger partial charge on any atom is -0.481 e. The zero-order valence-electron chi connectivity index (χ0n) is 9.86. The van der Waals surface area contributed by atoms with E-state index >= 15 is 0 Å². The molecule has 0 aliphatic heterocycles. The lowest BCUT2D eigenvalue weighted by molar-refractivity contribution is -0.138. The summed E-state index contributed by atoms with van der Waals surface area (Å²) >= 11 is 4.99. The predicted octanol–water partition coefficient (Wildman–Crippen LogP) is 2.59. The predicted molar refractivity (Wildman–Crippen MR) is 72.8 cm³/mol. The molecule has 6 nitrogen and oxygen atoms in total. The van der Waals surface area contributed by atoms with E-state index in [1.165, 1.54) is 11.3 Å². The van der Waals surface area contributed by atoms with Crippen LogP contribution < -0.4 is 0 Å². The summed E-state index contributed by atoms with van der Waals surface area (Å²) in [5.74, 6) is 0.195. The Kier molecular flexibility index (Phi) is 3.36. The summed E-state index contributed by atoms with van der Waals surface area (Å²) in [6.07, 6.45) is 2.15. The van der Waals surface area contributed by atoms with E-state index in [4.69, 9.17) is 5.11 Å². The lowest BCUT2D eigenvalue weighted by Crippen LogP contribution is -2.18. The molecule has 1 fully saturated rings. The van der Waals surface area contributed by atoms with Crippen molar-refractivity contribution in [1.29, 1.82) is 0 Å². The van der Waals surface area contributed by atoms with Crippen LogP contribution in [0.15, 0.2) is 15.9 Å². The molecule has 0 spiro atoms. The number of hydrogen-bond acceptors (Lipinski definition) is 5. The van der Waals surface area contributed by atoms with Crippen LogP contribution in [0.5, 0.6) is 0 Å². The first-order valence-corrected chi connectivity index (χ1v) is 7.57. The molecular formula is C11H11BrN4O2S. The van der Waals surface area contributed by atoms with Crippen molar-refractivity contribution in [1.82, 2.24) is 20.2 Å². The van der Waals surface area contributed by atoms with Gasteiger partial charge in [-0.15, -0.1) is 16.4 Å². The molecule has 19 heavy (non-hydrogen) atoms. The van der Waals surface area contributed by atoms with Gasteiger partial charge in [-0.2, -0.15) is 0 Å². The van der Waals surface area contributed by atoms with Crippen molar-refractivity contribution in [2.45, 2.75) is 25.3 Å². The second kappa shape index (κ2) is 5.01. The number of rotatable bonds is 5. The van der Waals surface area contributed by atoms with Crippen LogP contribution in [0.4, 0.5) is 0 Å². The average molecular weight is 343 g/mol. The third-order valence-electron chi connectivity index (χ3n) is 3.18. The summed E-state index contributed by atoms with van der Waals surface area (Å²) in [6.45, 7) is 0. The highest BCUT2D eigenvalue weighted by molar-refractivity contribution is 9.10. The molecule has 0 saturated heterocycles. The van der Waals surface area contributed by atoms with Crippen LogP contribution in [0.3, 0.4) is 0 Å². The Balaban J connectivity index is 1.98. The lowest BCUT2D eigenvalue weighted by atomic mass is 10.1. The van der Waals surface area contributed by atoms with Crippen LogP contribution >= 0.6 is 27.3 Å². The van der Waals surface area contributed by atoms with E-state index in [1.54, 1.807) is 4.68 Å². The maximum atomic E-state index is 11.0. The Bertz CT molecular complexity index is 607. The maximum Gasteiger partial charge on any atom is 0.305 e. The third-order valence-corrected chi connectivity index (χ3v) is 5.01. The van der Waals surface area contributed by atoms with Gasteiger partial charge in [0, 0.05) is 4.47 Å². The first-order chi connectivity index (χ1) is 9.16. The van der Waals surface area contributed by atoms with Crippen molar-refractivity contribution in [3.8, 4) is 10.7 Å². The highest BCUT2D eigenvalue weighted by Gasteiger charge is 2.36. The molecule has 0 amide bonds. The molecule has 3 rings (SSSR count). The number of tetrazole rings is 1. The summed E-state index contributed by atoms with van der Waals surface area (Å²) in [7, 11) is 0. The fourth-order valence-corrected chi connectivity index (χ4v) is 3.66. The van der Waals surface area contributed by atoms with E-state index < -0.39 is 5.97 Å². The Hall–Kier alpha value is -1.28. The third kappa shape index (κ3) is 2.55. The van der Waals surface area contributed by atoms with Gasteiger partial charge < -0.3 is 5.11 Å². The first-order valence-electron chi connectivity index (χ1n) is 5.90.